The molecule has 1 N–H and O–H groups in total. The quantitative estimate of drug-likeness (QED) is 0.811. The summed E-state index contributed by atoms with van der Waals surface area (Å²) in [5, 5.41) is 3.11. The van der Waals surface area contributed by atoms with E-state index >= 15 is 0 Å². The Morgan fingerprint density at radius 1 is 1.38 bits per heavy atom. The second kappa shape index (κ2) is 6.50. The van der Waals surface area contributed by atoms with Gasteiger partial charge in [-0.1, -0.05) is 6.07 Å². The van der Waals surface area contributed by atoms with Gasteiger partial charge in [0.1, 0.15) is 5.82 Å². The van der Waals surface area contributed by atoms with Gasteiger partial charge in [-0.25, -0.2) is 4.39 Å². The number of halogens is 1. The summed E-state index contributed by atoms with van der Waals surface area (Å²) in [5.41, 5.74) is 0.367. The first kappa shape index (κ1) is 15.9. The van der Waals surface area contributed by atoms with Crippen molar-refractivity contribution in [2.24, 2.45) is 0 Å². The van der Waals surface area contributed by atoms with Crippen LogP contribution in [0.2, 0.25) is 0 Å². The molecule has 1 aliphatic heterocycles. The van der Waals surface area contributed by atoms with Gasteiger partial charge in [0.2, 0.25) is 0 Å². The third kappa shape index (κ3) is 4.48. The highest BCUT2D eigenvalue weighted by atomic mass is 32.2. The number of hydrogen-bond donors (Lipinski definition) is 1. The van der Waals surface area contributed by atoms with Crippen LogP contribution in [-0.2, 0) is 20.9 Å². The lowest BCUT2D eigenvalue weighted by Crippen LogP contribution is -2.46. The lowest BCUT2D eigenvalue weighted by molar-refractivity contribution is 0.0731. The van der Waals surface area contributed by atoms with Gasteiger partial charge in [0.25, 0.3) is 16.0 Å². The van der Waals surface area contributed by atoms with Crippen LogP contribution in [0, 0.1) is 5.82 Å². The number of hydrogen-bond acceptors (Lipinski definition) is 5. The summed E-state index contributed by atoms with van der Waals surface area (Å²) >= 11 is 0. The van der Waals surface area contributed by atoms with Crippen molar-refractivity contribution in [3.63, 3.8) is 0 Å². The molecule has 21 heavy (non-hydrogen) atoms. The molecule has 1 saturated heterocycles. The monoisotopic (exact) mass is 316 g/mol. The normalized spacial score (nSPS) is 16.0. The van der Waals surface area contributed by atoms with Crippen LogP contribution < -0.4 is 5.32 Å². The molecule has 2 rings (SSSR count). The van der Waals surface area contributed by atoms with Crippen LogP contribution in [0.1, 0.15) is 15.9 Å². The average molecular weight is 316 g/mol. The lowest BCUT2D eigenvalue weighted by Gasteiger charge is -2.27. The SMILES string of the molecule is CS(=O)(=O)OCc1ccc(F)c(C(=O)N2CCNCC2)c1. The molecule has 6 nitrogen and oxygen atoms in total. The van der Waals surface area contributed by atoms with Crippen LogP contribution >= 0.6 is 0 Å². The summed E-state index contributed by atoms with van der Waals surface area (Å²) in [6.45, 7) is 2.15. The van der Waals surface area contributed by atoms with Crippen molar-refractivity contribution in [2.45, 2.75) is 6.61 Å². The van der Waals surface area contributed by atoms with E-state index in [4.69, 9.17) is 0 Å². The molecule has 0 spiro atoms. The molecule has 0 bridgehead atoms. The highest BCUT2D eigenvalue weighted by Crippen LogP contribution is 2.15. The van der Waals surface area contributed by atoms with Crippen LogP contribution in [0.15, 0.2) is 18.2 Å². The number of amides is 1. The van der Waals surface area contributed by atoms with Gasteiger partial charge in [-0.3, -0.25) is 8.98 Å². The first-order valence-electron chi connectivity index (χ1n) is 6.49. The molecule has 0 aliphatic carbocycles. The summed E-state index contributed by atoms with van der Waals surface area (Å²) in [7, 11) is -3.58. The highest BCUT2D eigenvalue weighted by Gasteiger charge is 2.21. The van der Waals surface area contributed by atoms with E-state index in [1.165, 1.54) is 12.1 Å². The predicted octanol–water partition coefficient (Wildman–Crippen LogP) is 0.347. The van der Waals surface area contributed by atoms with Crippen LogP contribution in [0.4, 0.5) is 4.39 Å². The molecule has 0 saturated carbocycles. The van der Waals surface area contributed by atoms with Gasteiger partial charge in [-0.15, -0.1) is 0 Å². The molecule has 1 aliphatic rings. The van der Waals surface area contributed by atoms with Gasteiger partial charge in [-0.05, 0) is 17.7 Å². The Labute approximate surface area is 123 Å². The fraction of sp³-hybridized carbons (Fsp3) is 0.462. The van der Waals surface area contributed by atoms with Crippen molar-refractivity contribution in [2.75, 3.05) is 32.4 Å². The summed E-state index contributed by atoms with van der Waals surface area (Å²) in [6.07, 6.45) is 0.934. The van der Waals surface area contributed by atoms with E-state index in [2.05, 4.69) is 9.50 Å². The van der Waals surface area contributed by atoms with E-state index < -0.39 is 21.8 Å². The fourth-order valence-corrected chi connectivity index (χ4v) is 2.39. The molecular weight excluding hydrogens is 299 g/mol. The molecule has 1 aromatic carbocycles. The standard InChI is InChI=1S/C13H17FN2O4S/c1-21(18,19)20-9-10-2-3-12(14)11(8-10)13(17)16-6-4-15-5-7-16/h2-3,8,15H,4-7,9H2,1H3. The maximum atomic E-state index is 13.8. The smallest absolute Gasteiger partial charge is 0.264 e. The molecule has 116 valence electrons. The van der Waals surface area contributed by atoms with Crippen molar-refractivity contribution in [1.82, 2.24) is 10.2 Å². The topological polar surface area (TPSA) is 75.7 Å². The van der Waals surface area contributed by atoms with Crippen molar-refractivity contribution in [3.05, 3.63) is 35.1 Å². The van der Waals surface area contributed by atoms with Gasteiger partial charge in [0, 0.05) is 26.2 Å². The minimum absolute atomic E-state index is 0.0634. The Morgan fingerprint density at radius 2 is 2.05 bits per heavy atom. The second-order valence-electron chi connectivity index (χ2n) is 4.82. The van der Waals surface area contributed by atoms with Crippen LogP contribution in [0.25, 0.3) is 0 Å². The largest absolute Gasteiger partial charge is 0.336 e. The Bertz CT molecular complexity index is 627. The molecule has 0 aromatic heterocycles. The minimum Gasteiger partial charge on any atom is -0.336 e. The first-order valence-corrected chi connectivity index (χ1v) is 8.31. The van der Waals surface area contributed by atoms with E-state index in [1.807, 2.05) is 0 Å². The van der Waals surface area contributed by atoms with Crippen molar-refractivity contribution >= 4 is 16.0 Å². The molecule has 1 heterocycles. The predicted molar refractivity (Wildman–Crippen MR) is 74.8 cm³/mol. The maximum Gasteiger partial charge on any atom is 0.264 e. The lowest BCUT2D eigenvalue weighted by atomic mass is 10.1. The van der Waals surface area contributed by atoms with Crippen LogP contribution in [0.5, 0.6) is 0 Å². The highest BCUT2D eigenvalue weighted by molar-refractivity contribution is 7.85. The molecule has 1 amide bonds. The van der Waals surface area contributed by atoms with Crippen LogP contribution in [0.3, 0.4) is 0 Å². The molecule has 0 atom stereocenters. The second-order valence-corrected chi connectivity index (χ2v) is 6.47. The molecule has 1 aromatic rings. The Kier molecular flexibility index (Phi) is 4.92. The van der Waals surface area contributed by atoms with E-state index in [0.717, 1.165) is 12.3 Å². The third-order valence-corrected chi connectivity index (χ3v) is 3.65. The molecule has 0 radical (unpaired) electrons. The van der Waals surface area contributed by atoms with Gasteiger partial charge in [0.15, 0.2) is 0 Å². The van der Waals surface area contributed by atoms with E-state index in [-0.39, 0.29) is 12.2 Å². The van der Waals surface area contributed by atoms with E-state index in [0.29, 0.717) is 31.7 Å². The number of carbonyl (C=O) groups excluding carboxylic acids is 1. The fourth-order valence-electron chi connectivity index (χ4n) is 2.04. The zero-order chi connectivity index (χ0) is 15.5. The summed E-state index contributed by atoms with van der Waals surface area (Å²) in [5.74, 6) is -1.02. The summed E-state index contributed by atoms with van der Waals surface area (Å²) in [4.78, 5) is 13.8. The maximum absolute atomic E-state index is 13.8. The zero-order valence-electron chi connectivity index (χ0n) is 11.6. The van der Waals surface area contributed by atoms with Crippen molar-refractivity contribution in [3.8, 4) is 0 Å². The summed E-state index contributed by atoms with van der Waals surface area (Å²) in [6, 6.07) is 3.89. The molecular formula is C13H17FN2O4S. The van der Waals surface area contributed by atoms with Crippen LogP contribution in [-0.4, -0.2) is 51.7 Å². The molecule has 1 fully saturated rings. The first-order chi connectivity index (χ1) is 9.87. The van der Waals surface area contributed by atoms with E-state index in [9.17, 15) is 17.6 Å². The van der Waals surface area contributed by atoms with Gasteiger partial charge < -0.3 is 10.2 Å². The van der Waals surface area contributed by atoms with Crippen molar-refractivity contribution in [1.29, 1.82) is 0 Å². The number of nitrogens with one attached hydrogen (secondary N) is 1. The summed E-state index contributed by atoms with van der Waals surface area (Å²) < 4.78 is 40.4. The molecule has 8 heteroatoms. The number of rotatable bonds is 4. The molecule has 0 unspecified atom stereocenters. The Hall–Kier alpha value is -1.51. The van der Waals surface area contributed by atoms with E-state index in [1.54, 1.807) is 4.90 Å². The van der Waals surface area contributed by atoms with Gasteiger partial charge in [0.05, 0.1) is 18.4 Å². The third-order valence-electron chi connectivity index (χ3n) is 3.11. The number of nitrogens with zero attached hydrogens (tertiary/aromatic N) is 1. The van der Waals surface area contributed by atoms with Gasteiger partial charge in [-0.2, -0.15) is 8.42 Å². The van der Waals surface area contributed by atoms with Gasteiger partial charge >= 0.3 is 0 Å². The Balaban J connectivity index is 2.16. The zero-order valence-corrected chi connectivity index (χ0v) is 12.5. The number of piperazine rings is 1. The number of carbonyl (C=O) groups is 1. The average Bonchev–Trinajstić information content (AvgIpc) is 2.46. The minimum atomic E-state index is -3.58. The number of benzene rings is 1. The van der Waals surface area contributed by atoms with Crippen molar-refractivity contribution < 1.29 is 21.8 Å². The Morgan fingerprint density at radius 3 is 2.67 bits per heavy atom.